The van der Waals surface area contributed by atoms with Gasteiger partial charge in [0.05, 0.1) is 12.7 Å². The minimum absolute atomic E-state index is 0.306. The van der Waals surface area contributed by atoms with Crippen molar-refractivity contribution in [3.05, 3.63) is 51.5 Å². The number of thiazole rings is 1. The van der Waals surface area contributed by atoms with Gasteiger partial charge in [-0.3, -0.25) is 0 Å². The number of carbonyl (C=O) groups is 1. The van der Waals surface area contributed by atoms with Gasteiger partial charge in [0.15, 0.2) is 0 Å². The van der Waals surface area contributed by atoms with Gasteiger partial charge in [0.25, 0.3) is 0 Å². The molecular weight excluding hydrogens is 272 g/mol. The van der Waals surface area contributed by atoms with Crippen LogP contribution in [0.1, 0.15) is 32.7 Å². The number of carbonyl (C=O) groups excluding carboxylic acids is 1. The second-order valence-corrected chi connectivity index (χ2v) is 5.57. The van der Waals surface area contributed by atoms with Crippen molar-refractivity contribution in [3.63, 3.8) is 0 Å². The third-order valence-corrected chi connectivity index (χ3v) is 4.07. The lowest BCUT2D eigenvalue weighted by atomic mass is 10.1. The lowest BCUT2D eigenvalue weighted by Crippen LogP contribution is -2.12. The molecule has 106 valence electrons. The number of aryl methyl sites for hydroxylation is 1. The van der Waals surface area contributed by atoms with Gasteiger partial charge in [-0.15, -0.1) is 11.3 Å². The molecule has 1 aromatic carbocycles. The molecule has 0 aliphatic carbocycles. The van der Waals surface area contributed by atoms with E-state index in [-0.39, 0.29) is 5.97 Å². The van der Waals surface area contributed by atoms with Gasteiger partial charge < -0.3 is 10.1 Å². The van der Waals surface area contributed by atoms with Crippen LogP contribution in [0.5, 0.6) is 0 Å². The van der Waals surface area contributed by atoms with Crippen LogP contribution >= 0.6 is 11.3 Å². The van der Waals surface area contributed by atoms with Gasteiger partial charge in [-0.05, 0) is 24.1 Å². The average Bonchev–Trinajstić information content (AvgIpc) is 2.95. The van der Waals surface area contributed by atoms with Crippen LogP contribution in [0.3, 0.4) is 0 Å². The molecule has 1 heterocycles. The molecule has 5 heteroatoms. The zero-order valence-corrected chi connectivity index (χ0v) is 12.5. The Bertz CT molecular complexity index is 564. The Balaban J connectivity index is 1.83. The van der Waals surface area contributed by atoms with Crippen LogP contribution in [0, 0.1) is 0 Å². The molecule has 0 fully saturated rings. The predicted octanol–water partition coefficient (Wildman–Crippen LogP) is 2.78. The van der Waals surface area contributed by atoms with E-state index in [1.54, 1.807) is 23.5 Å². The van der Waals surface area contributed by atoms with Crippen LogP contribution < -0.4 is 5.32 Å². The van der Waals surface area contributed by atoms with E-state index in [9.17, 15) is 4.79 Å². The summed E-state index contributed by atoms with van der Waals surface area (Å²) in [5.41, 5.74) is 1.70. The molecular formula is C15H18N2O2S. The molecule has 20 heavy (non-hydrogen) atoms. The number of aromatic nitrogens is 1. The quantitative estimate of drug-likeness (QED) is 0.831. The highest BCUT2D eigenvalue weighted by Gasteiger charge is 2.04. The first-order valence-electron chi connectivity index (χ1n) is 6.54. The van der Waals surface area contributed by atoms with E-state index in [4.69, 9.17) is 0 Å². The standard InChI is InChI=1S/C15H18N2O2S/c1-3-13-9-17-14(20-13)10-16-8-11-4-6-12(7-5-11)15(18)19-2/h4-7,9,16H,3,8,10H2,1-2H3. The number of methoxy groups -OCH3 is 1. The number of nitrogens with one attached hydrogen (secondary N) is 1. The number of hydrogen-bond acceptors (Lipinski definition) is 5. The van der Waals surface area contributed by atoms with Crippen molar-refractivity contribution in [1.82, 2.24) is 10.3 Å². The van der Waals surface area contributed by atoms with Crippen LogP contribution in [-0.4, -0.2) is 18.1 Å². The van der Waals surface area contributed by atoms with E-state index >= 15 is 0 Å². The van der Waals surface area contributed by atoms with E-state index in [0.29, 0.717) is 5.56 Å². The summed E-state index contributed by atoms with van der Waals surface area (Å²) in [7, 11) is 1.39. The minimum Gasteiger partial charge on any atom is -0.465 e. The molecule has 0 saturated heterocycles. The Morgan fingerprint density at radius 2 is 2.05 bits per heavy atom. The smallest absolute Gasteiger partial charge is 0.337 e. The van der Waals surface area contributed by atoms with Crippen LogP contribution in [0.15, 0.2) is 30.5 Å². The summed E-state index contributed by atoms with van der Waals surface area (Å²) in [5.74, 6) is -0.306. The predicted molar refractivity (Wildman–Crippen MR) is 79.8 cm³/mol. The largest absolute Gasteiger partial charge is 0.465 e. The molecule has 0 aliphatic heterocycles. The number of ether oxygens (including phenoxy) is 1. The maximum absolute atomic E-state index is 11.3. The molecule has 4 nitrogen and oxygen atoms in total. The van der Waals surface area contributed by atoms with Crippen molar-refractivity contribution >= 4 is 17.3 Å². The molecule has 0 bridgehead atoms. The Kier molecular flexibility index (Phi) is 5.26. The average molecular weight is 290 g/mol. The zero-order chi connectivity index (χ0) is 14.4. The van der Waals surface area contributed by atoms with Crippen LogP contribution in [0.25, 0.3) is 0 Å². The fourth-order valence-electron chi connectivity index (χ4n) is 1.78. The van der Waals surface area contributed by atoms with Gasteiger partial charge in [-0.25, -0.2) is 9.78 Å². The zero-order valence-electron chi connectivity index (χ0n) is 11.7. The van der Waals surface area contributed by atoms with Crippen molar-refractivity contribution in [3.8, 4) is 0 Å². The molecule has 0 aliphatic rings. The molecule has 1 aromatic heterocycles. The Labute approximate surface area is 122 Å². The minimum atomic E-state index is -0.306. The summed E-state index contributed by atoms with van der Waals surface area (Å²) in [6.07, 6.45) is 2.97. The van der Waals surface area contributed by atoms with Crippen molar-refractivity contribution in [1.29, 1.82) is 0 Å². The molecule has 0 atom stereocenters. The number of rotatable bonds is 6. The van der Waals surface area contributed by atoms with Gasteiger partial charge in [-0.1, -0.05) is 19.1 Å². The summed E-state index contributed by atoms with van der Waals surface area (Å²) in [6.45, 7) is 3.65. The second-order valence-electron chi connectivity index (χ2n) is 4.37. The van der Waals surface area contributed by atoms with Gasteiger partial charge >= 0.3 is 5.97 Å². The van der Waals surface area contributed by atoms with Crippen molar-refractivity contribution in [2.24, 2.45) is 0 Å². The fourth-order valence-corrected chi connectivity index (χ4v) is 2.62. The summed E-state index contributed by atoms with van der Waals surface area (Å²) < 4.78 is 4.67. The third kappa shape index (κ3) is 3.88. The number of benzene rings is 1. The molecule has 0 saturated carbocycles. The van der Waals surface area contributed by atoms with Crippen molar-refractivity contribution in [2.45, 2.75) is 26.4 Å². The van der Waals surface area contributed by atoms with E-state index < -0.39 is 0 Å². The first-order chi connectivity index (χ1) is 9.72. The molecule has 0 unspecified atom stereocenters. The molecule has 2 rings (SSSR count). The van der Waals surface area contributed by atoms with Crippen LogP contribution in [0.2, 0.25) is 0 Å². The molecule has 1 N–H and O–H groups in total. The summed E-state index contributed by atoms with van der Waals surface area (Å²) in [4.78, 5) is 17.0. The van der Waals surface area contributed by atoms with Crippen LogP contribution in [0.4, 0.5) is 0 Å². The van der Waals surface area contributed by atoms with E-state index in [2.05, 4.69) is 22.0 Å². The Hall–Kier alpha value is -1.72. The van der Waals surface area contributed by atoms with Gasteiger partial charge in [0.2, 0.25) is 0 Å². The van der Waals surface area contributed by atoms with E-state index in [1.165, 1.54) is 12.0 Å². The maximum atomic E-state index is 11.3. The highest BCUT2D eigenvalue weighted by atomic mass is 32.1. The third-order valence-electron chi connectivity index (χ3n) is 2.93. The highest BCUT2D eigenvalue weighted by molar-refractivity contribution is 7.11. The highest BCUT2D eigenvalue weighted by Crippen LogP contribution is 2.13. The first kappa shape index (κ1) is 14.7. The number of hydrogen-bond donors (Lipinski definition) is 1. The molecule has 0 spiro atoms. The van der Waals surface area contributed by atoms with Gasteiger partial charge in [0, 0.05) is 24.2 Å². The summed E-state index contributed by atoms with van der Waals surface area (Å²) >= 11 is 1.74. The lowest BCUT2D eigenvalue weighted by molar-refractivity contribution is 0.0600. The van der Waals surface area contributed by atoms with Gasteiger partial charge in [-0.2, -0.15) is 0 Å². The SMILES string of the molecule is CCc1cnc(CNCc2ccc(C(=O)OC)cc2)s1. The van der Waals surface area contributed by atoms with E-state index in [1.807, 2.05) is 18.3 Å². The van der Waals surface area contributed by atoms with E-state index in [0.717, 1.165) is 30.1 Å². The number of esters is 1. The van der Waals surface area contributed by atoms with Crippen molar-refractivity contribution in [2.75, 3.05) is 7.11 Å². The lowest BCUT2D eigenvalue weighted by Gasteiger charge is -2.04. The number of nitrogens with zero attached hydrogens (tertiary/aromatic N) is 1. The Morgan fingerprint density at radius 1 is 1.30 bits per heavy atom. The maximum Gasteiger partial charge on any atom is 0.337 e. The summed E-state index contributed by atoms with van der Waals surface area (Å²) in [6, 6.07) is 7.42. The monoisotopic (exact) mass is 290 g/mol. The van der Waals surface area contributed by atoms with Gasteiger partial charge in [0.1, 0.15) is 5.01 Å². The second kappa shape index (κ2) is 7.17. The Morgan fingerprint density at radius 3 is 2.65 bits per heavy atom. The molecule has 0 radical (unpaired) electrons. The molecule has 0 amide bonds. The topological polar surface area (TPSA) is 51.2 Å². The fraction of sp³-hybridized carbons (Fsp3) is 0.333. The summed E-state index contributed by atoms with van der Waals surface area (Å²) in [5, 5.41) is 4.45. The molecule has 2 aromatic rings. The normalized spacial score (nSPS) is 10.5. The first-order valence-corrected chi connectivity index (χ1v) is 7.36. The van der Waals surface area contributed by atoms with Crippen molar-refractivity contribution < 1.29 is 9.53 Å². The van der Waals surface area contributed by atoms with Crippen LogP contribution in [-0.2, 0) is 24.2 Å².